The van der Waals surface area contributed by atoms with Gasteiger partial charge in [-0.3, -0.25) is 4.98 Å². The molecule has 2 rings (SSSR count). The molecule has 0 bridgehead atoms. The second kappa shape index (κ2) is 6.31. The fourth-order valence-electron chi connectivity index (χ4n) is 1.91. The minimum Gasteiger partial charge on any atom is -0.306 e. The summed E-state index contributed by atoms with van der Waals surface area (Å²) in [4.78, 5) is 4.14. The highest BCUT2D eigenvalue weighted by atomic mass is 14.9. The molecule has 0 amide bonds. The van der Waals surface area contributed by atoms with Crippen molar-refractivity contribution in [1.82, 2.24) is 10.3 Å². The van der Waals surface area contributed by atoms with Gasteiger partial charge in [0.1, 0.15) is 0 Å². The fourth-order valence-corrected chi connectivity index (χ4v) is 1.91. The van der Waals surface area contributed by atoms with Crippen LogP contribution in [0, 0.1) is 0 Å². The molecule has 0 saturated carbocycles. The highest BCUT2D eigenvalue weighted by Crippen LogP contribution is 2.11. The number of aryl methyl sites for hydroxylation is 1. The summed E-state index contributed by atoms with van der Waals surface area (Å²) in [5.74, 6) is 0. The van der Waals surface area contributed by atoms with E-state index in [4.69, 9.17) is 0 Å². The minimum absolute atomic E-state index is 0.324. The van der Waals surface area contributed by atoms with Crippen LogP contribution in [0.4, 0.5) is 0 Å². The molecule has 2 heteroatoms. The number of nitrogens with one attached hydrogen (secondary N) is 1. The summed E-state index contributed by atoms with van der Waals surface area (Å²) in [5, 5.41) is 3.51. The van der Waals surface area contributed by atoms with Gasteiger partial charge in [0.05, 0.1) is 0 Å². The Labute approximate surface area is 109 Å². The van der Waals surface area contributed by atoms with Crippen LogP contribution >= 0.6 is 0 Å². The van der Waals surface area contributed by atoms with Crippen molar-refractivity contribution in [2.45, 2.75) is 32.9 Å². The van der Waals surface area contributed by atoms with Crippen LogP contribution in [0.25, 0.3) is 0 Å². The topological polar surface area (TPSA) is 24.9 Å². The van der Waals surface area contributed by atoms with Gasteiger partial charge in [0, 0.05) is 25.0 Å². The smallest absolute Gasteiger partial charge is 0.0315 e. The molecule has 0 fully saturated rings. The predicted octanol–water partition coefficient (Wildman–Crippen LogP) is 3.49. The van der Waals surface area contributed by atoms with Crippen LogP contribution in [-0.2, 0) is 13.0 Å². The van der Waals surface area contributed by atoms with Crippen molar-refractivity contribution >= 4 is 0 Å². The van der Waals surface area contributed by atoms with Gasteiger partial charge in [-0.05, 0) is 36.1 Å². The second-order valence-corrected chi connectivity index (χ2v) is 4.56. The zero-order valence-corrected chi connectivity index (χ0v) is 11.1. The maximum Gasteiger partial charge on any atom is 0.0315 e. The molecule has 1 aromatic carbocycles. The summed E-state index contributed by atoms with van der Waals surface area (Å²) in [6.07, 6.45) is 4.82. The van der Waals surface area contributed by atoms with E-state index in [0.29, 0.717) is 6.04 Å². The first-order valence-corrected chi connectivity index (χ1v) is 6.50. The largest absolute Gasteiger partial charge is 0.306 e. The number of hydrogen-bond donors (Lipinski definition) is 1. The molecule has 1 atom stereocenters. The molecule has 1 heterocycles. The van der Waals surface area contributed by atoms with Crippen LogP contribution in [0.5, 0.6) is 0 Å². The lowest BCUT2D eigenvalue weighted by Crippen LogP contribution is -2.18. The van der Waals surface area contributed by atoms with Gasteiger partial charge in [-0.2, -0.15) is 0 Å². The van der Waals surface area contributed by atoms with E-state index in [9.17, 15) is 0 Å². The Morgan fingerprint density at radius 3 is 2.44 bits per heavy atom. The Morgan fingerprint density at radius 2 is 1.83 bits per heavy atom. The summed E-state index contributed by atoms with van der Waals surface area (Å²) in [7, 11) is 0. The van der Waals surface area contributed by atoms with Gasteiger partial charge in [0.25, 0.3) is 0 Å². The van der Waals surface area contributed by atoms with E-state index in [1.54, 1.807) is 6.20 Å². The van der Waals surface area contributed by atoms with E-state index >= 15 is 0 Å². The van der Waals surface area contributed by atoms with E-state index < -0.39 is 0 Å². The monoisotopic (exact) mass is 240 g/mol. The molecule has 0 spiro atoms. The summed E-state index contributed by atoms with van der Waals surface area (Å²) < 4.78 is 0. The van der Waals surface area contributed by atoms with Gasteiger partial charge in [0.15, 0.2) is 0 Å². The Kier molecular flexibility index (Phi) is 4.48. The Hall–Kier alpha value is -1.67. The minimum atomic E-state index is 0.324. The molecule has 18 heavy (non-hydrogen) atoms. The van der Waals surface area contributed by atoms with E-state index in [1.807, 2.05) is 12.3 Å². The van der Waals surface area contributed by atoms with Crippen molar-refractivity contribution in [3.05, 3.63) is 65.5 Å². The van der Waals surface area contributed by atoms with E-state index in [-0.39, 0.29) is 0 Å². The zero-order chi connectivity index (χ0) is 12.8. The van der Waals surface area contributed by atoms with Crippen molar-refractivity contribution in [3.8, 4) is 0 Å². The Morgan fingerprint density at radius 1 is 1.11 bits per heavy atom. The first-order valence-electron chi connectivity index (χ1n) is 6.50. The van der Waals surface area contributed by atoms with Gasteiger partial charge in [-0.1, -0.05) is 37.3 Å². The third-order valence-corrected chi connectivity index (χ3v) is 3.23. The van der Waals surface area contributed by atoms with Crippen LogP contribution in [0.2, 0.25) is 0 Å². The average Bonchev–Trinajstić information content (AvgIpc) is 2.46. The molecular formula is C16H20N2. The number of benzene rings is 1. The molecule has 0 aliphatic heterocycles. The summed E-state index contributed by atoms with van der Waals surface area (Å²) >= 11 is 0. The van der Waals surface area contributed by atoms with Gasteiger partial charge >= 0.3 is 0 Å². The Balaban J connectivity index is 1.91. The fraction of sp³-hybridized carbons (Fsp3) is 0.312. The third-order valence-electron chi connectivity index (χ3n) is 3.23. The molecule has 94 valence electrons. The maximum atomic E-state index is 4.14. The molecule has 0 aliphatic rings. The first-order chi connectivity index (χ1) is 8.79. The average molecular weight is 240 g/mol. The van der Waals surface area contributed by atoms with E-state index in [0.717, 1.165) is 13.0 Å². The SMILES string of the molecule is CCc1ccc(CN[C@@H](C)c2cccnc2)cc1. The number of pyridine rings is 1. The second-order valence-electron chi connectivity index (χ2n) is 4.56. The maximum absolute atomic E-state index is 4.14. The summed E-state index contributed by atoms with van der Waals surface area (Å²) in [6.45, 7) is 5.23. The normalized spacial score (nSPS) is 12.3. The summed E-state index contributed by atoms with van der Waals surface area (Å²) in [6, 6.07) is 13.2. The molecule has 2 aromatic rings. The lowest BCUT2D eigenvalue weighted by Gasteiger charge is -2.14. The van der Waals surface area contributed by atoms with Crippen LogP contribution in [0.1, 0.15) is 36.6 Å². The standard InChI is InChI=1S/C16H20N2/c1-3-14-6-8-15(9-7-14)11-18-13(2)16-5-4-10-17-12-16/h4-10,12-13,18H,3,11H2,1-2H3/t13-/m0/s1. The summed E-state index contributed by atoms with van der Waals surface area (Å²) in [5.41, 5.74) is 3.93. The molecule has 2 nitrogen and oxygen atoms in total. The van der Waals surface area contributed by atoms with Crippen molar-refractivity contribution < 1.29 is 0 Å². The number of aromatic nitrogens is 1. The van der Waals surface area contributed by atoms with Gasteiger partial charge in [0.2, 0.25) is 0 Å². The lowest BCUT2D eigenvalue weighted by atomic mass is 10.1. The highest BCUT2D eigenvalue weighted by Gasteiger charge is 2.04. The van der Waals surface area contributed by atoms with Crippen molar-refractivity contribution in [2.75, 3.05) is 0 Å². The van der Waals surface area contributed by atoms with Crippen molar-refractivity contribution in [1.29, 1.82) is 0 Å². The van der Waals surface area contributed by atoms with Crippen LogP contribution < -0.4 is 5.32 Å². The highest BCUT2D eigenvalue weighted by molar-refractivity contribution is 5.22. The molecule has 0 saturated heterocycles. The quantitative estimate of drug-likeness (QED) is 0.865. The number of rotatable bonds is 5. The third kappa shape index (κ3) is 3.41. The molecular weight excluding hydrogens is 220 g/mol. The van der Waals surface area contributed by atoms with Crippen LogP contribution in [0.15, 0.2) is 48.8 Å². The number of hydrogen-bond acceptors (Lipinski definition) is 2. The molecule has 0 aliphatic carbocycles. The molecule has 1 N–H and O–H groups in total. The molecule has 0 radical (unpaired) electrons. The van der Waals surface area contributed by atoms with Crippen molar-refractivity contribution in [2.24, 2.45) is 0 Å². The van der Waals surface area contributed by atoms with E-state index in [1.165, 1.54) is 16.7 Å². The molecule has 0 unspecified atom stereocenters. The predicted molar refractivity (Wildman–Crippen MR) is 75.3 cm³/mol. The zero-order valence-electron chi connectivity index (χ0n) is 11.1. The number of nitrogens with zero attached hydrogens (tertiary/aromatic N) is 1. The first kappa shape index (κ1) is 12.8. The van der Waals surface area contributed by atoms with Gasteiger partial charge < -0.3 is 5.32 Å². The lowest BCUT2D eigenvalue weighted by molar-refractivity contribution is 0.573. The van der Waals surface area contributed by atoms with E-state index in [2.05, 4.69) is 54.5 Å². The van der Waals surface area contributed by atoms with Crippen LogP contribution in [0.3, 0.4) is 0 Å². The molecule has 1 aromatic heterocycles. The van der Waals surface area contributed by atoms with Crippen LogP contribution in [-0.4, -0.2) is 4.98 Å². The Bertz CT molecular complexity index is 462. The van der Waals surface area contributed by atoms with Gasteiger partial charge in [-0.15, -0.1) is 0 Å². The van der Waals surface area contributed by atoms with Crippen molar-refractivity contribution in [3.63, 3.8) is 0 Å². The van der Waals surface area contributed by atoms with Gasteiger partial charge in [-0.25, -0.2) is 0 Å².